The predicted molar refractivity (Wildman–Crippen MR) is 567 cm³/mol. The van der Waals surface area contributed by atoms with Crippen LogP contribution in [-0.4, -0.2) is 90.9 Å². The Morgan fingerprint density at radius 1 is 0.264 bits per heavy atom. The van der Waals surface area contributed by atoms with Crippen LogP contribution in [0.15, 0.2) is 347 Å². The molecule has 20 aromatic rings. The summed E-state index contributed by atoms with van der Waals surface area (Å²) >= 11 is 12.4. The van der Waals surface area contributed by atoms with Crippen molar-refractivity contribution in [1.29, 1.82) is 0 Å². The Labute approximate surface area is 826 Å². The van der Waals surface area contributed by atoms with Crippen molar-refractivity contribution in [2.45, 2.75) is 127 Å². The Balaban J connectivity index is 0.000000126. The third-order valence-electron chi connectivity index (χ3n) is 25.6. The van der Waals surface area contributed by atoms with E-state index in [2.05, 4.69) is 209 Å². The van der Waals surface area contributed by atoms with Gasteiger partial charge >= 0.3 is 0 Å². The average Bonchev–Trinajstić information content (AvgIpc) is 1.67. The first kappa shape index (κ1) is 97.3. The number of benzene rings is 15. The fourth-order valence-corrected chi connectivity index (χ4v) is 17.9. The van der Waals surface area contributed by atoms with Crippen LogP contribution in [0.2, 0.25) is 10.0 Å². The van der Waals surface area contributed by atoms with E-state index in [1.54, 1.807) is 14.2 Å². The Kier molecular flexibility index (Phi) is 31.3. The van der Waals surface area contributed by atoms with Gasteiger partial charge in [-0.05, 0) is 330 Å². The molecule has 0 bridgehead atoms. The van der Waals surface area contributed by atoms with E-state index in [0.29, 0.717) is 90.1 Å². The van der Waals surface area contributed by atoms with Crippen molar-refractivity contribution >= 4 is 107 Å². The highest BCUT2D eigenvalue weighted by atomic mass is 35.5. The van der Waals surface area contributed by atoms with Gasteiger partial charge in [0.05, 0.1) is 86.4 Å². The third kappa shape index (κ3) is 23.4. The number of carbonyl (C=O) groups excluding carboxylic acids is 5. The van der Waals surface area contributed by atoms with Crippen LogP contribution in [0.1, 0.15) is 162 Å². The van der Waals surface area contributed by atoms with Crippen LogP contribution in [0.3, 0.4) is 0 Å². The maximum Gasteiger partial charge on any atom is 0.163 e. The molecule has 0 aliphatic heterocycles. The lowest BCUT2D eigenvalue weighted by atomic mass is 10.0. The number of ether oxygens (including phenoxy) is 2. The van der Waals surface area contributed by atoms with E-state index in [4.69, 9.17) is 32.7 Å². The lowest BCUT2D eigenvalue weighted by Gasteiger charge is -2.11. The van der Waals surface area contributed by atoms with Gasteiger partial charge in [-0.3, -0.25) is 46.8 Å². The number of hydrogen-bond donors (Lipinski definition) is 0. The molecule has 0 aliphatic carbocycles. The number of carbonyl (C=O) groups is 5. The summed E-state index contributed by atoms with van der Waals surface area (Å²) < 4.78 is 21.0. The Morgan fingerprint density at radius 3 is 1.06 bits per heavy atom. The summed E-state index contributed by atoms with van der Waals surface area (Å²) in [6.07, 6.45) is 14.7. The topological polar surface area (TPSA) is 193 Å². The van der Waals surface area contributed by atoms with Crippen LogP contribution >= 0.6 is 23.2 Å². The molecule has 0 unspecified atom stereocenters. The van der Waals surface area contributed by atoms with E-state index >= 15 is 0 Å². The number of fused-ring (bicyclic) bond motifs is 5. The molecule has 700 valence electrons. The van der Waals surface area contributed by atoms with Crippen LogP contribution in [0, 0.1) is 62.3 Å². The second-order valence-electron chi connectivity index (χ2n) is 35.5. The summed E-state index contributed by atoms with van der Waals surface area (Å²) in [7, 11) is 3.30. The van der Waals surface area contributed by atoms with E-state index in [1.165, 1.54) is 55.6 Å². The number of hydrogen-bond acceptors (Lipinski definition) is 12. The molecule has 0 N–H and O–H groups in total. The second-order valence-corrected chi connectivity index (χ2v) is 36.3. The Hall–Kier alpha value is -15.8. The van der Waals surface area contributed by atoms with Crippen LogP contribution in [0.5, 0.6) is 11.5 Å². The number of halogens is 2. The molecule has 0 radical (unpaired) electrons. The van der Waals surface area contributed by atoms with Crippen molar-refractivity contribution in [3.63, 3.8) is 0 Å². The zero-order chi connectivity index (χ0) is 98.0. The van der Waals surface area contributed by atoms with Gasteiger partial charge in [0.1, 0.15) is 43.1 Å². The van der Waals surface area contributed by atoms with Crippen molar-refractivity contribution in [3.8, 4) is 39.9 Å². The molecule has 0 saturated carbocycles. The summed E-state index contributed by atoms with van der Waals surface area (Å²) in [6.45, 7) is 18.8. The van der Waals surface area contributed by atoms with Crippen LogP contribution in [0.25, 0.3) is 83.6 Å². The zero-order valence-electron chi connectivity index (χ0n) is 80.6. The predicted octanol–water partition coefficient (Wildman–Crippen LogP) is 28.3. The maximum absolute atomic E-state index is 12.8. The quantitative estimate of drug-likeness (QED) is 0.0443. The maximum atomic E-state index is 12.8. The molecule has 5 heterocycles. The summed E-state index contributed by atoms with van der Waals surface area (Å²) in [4.78, 5) is 86.0. The lowest BCUT2D eigenvalue weighted by molar-refractivity contribution is 0.0975. The molecule has 0 amide bonds. The van der Waals surface area contributed by atoms with Crippen molar-refractivity contribution in [2.24, 2.45) is 0 Å². The van der Waals surface area contributed by atoms with Gasteiger partial charge in [0.15, 0.2) is 28.9 Å². The number of aromatic nitrogens is 10. The molecule has 15 aromatic carbocycles. The first-order valence-corrected chi connectivity index (χ1v) is 47.8. The number of rotatable bonds is 27. The molecular formula is C121H110Cl2N10O7. The number of ketones is 5. The minimum Gasteiger partial charge on any atom is -0.497 e. The largest absolute Gasteiger partial charge is 0.497 e. The van der Waals surface area contributed by atoms with E-state index in [9.17, 15) is 24.0 Å². The van der Waals surface area contributed by atoms with Gasteiger partial charge in [-0.2, -0.15) is 0 Å². The summed E-state index contributed by atoms with van der Waals surface area (Å²) in [5.74, 6) is 2.22. The first-order valence-electron chi connectivity index (χ1n) is 47.0. The van der Waals surface area contributed by atoms with Crippen LogP contribution < -0.4 is 9.47 Å². The number of methoxy groups -OCH3 is 2. The molecule has 0 aliphatic rings. The summed E-state index contributed by atoms with van der Waals surface area (Å²) in [5, 5.41) is 1.41. The molecule has 140 heavy (non-hydrogen) atoms. The molecule has 0 fully saturated rings. The van der Waals surface area contributed by atoms with Crippen molar-refractivity contribution in [3.05, 3.63) is 463 Å². The van der Waals surface area contributed by atoms with Gasteiger partial charge in [-0.15, -0.1) is 0 Å². The van der Waals surface area contributed by atoms with Crippen molar-refractivity contribution in [1.82, 2.24) is 47.8 Å². The van der Waals surface area contributed by atoms with Crippen molar-refractivity contribution in [2.75, 3.05) is 14.2 Å². The zero-order valence-corrected chi connectivity index (χ0v) is 82.1. The van der Waals surface area contributed by atoms with Gasteiger partial charge in [-0.25, -0.2) is 24.9 Å². The van der Waals surface area contributed by atoms with Gasteiger partial charge in [-0.1, -0.05) is 181 Å². The van der Waals surface area contributed by atoms with Crippen LogP contribution in [0.4, 0.5) is 0 Å². The second kappa shape index (κ2) is 45.0. The number of nitrogens with zero attached hydrogens (tertiary/aromatic N) is 10. The highest BCUT2D eigenvalue weighted by molar-refractivity contribution is 6.31. The molecule has 5 aromatic heterocycles. The number of aryl methyl sites for hydroxylation is 14. The standard InChI is InChI=1S/C25H24N2O2.2C24H21ClN2O.C24H22N2O2.C24H22N2O/c1-17-8-9-18(2)23(14-17)27-16-26-21-15-20(10-12-22(21)27)24(28)13-11-19-6-4-5-7-25(19)29-3;1-16-6-5-7-17(2)24(16)27-15-26-21-14-19(10-12-22(21)27)23(28)13-11-18-8-3-4-9-20(18)25;1-16-7-10-20(13-17(16)2)27-15-26-22-14-19(8-11-23(22)27)24(28)12-9-18-5-3-4-6-21(18)25;1-17-5-3-7-20(13-17)26-16-25-22-15-19(10-11-23(22)26)24(27)12-9-18-6-4-8-21(14-18)28-2;1-17-8-9-18(2)23(14-17)26-16-25-21-15-20(11-12-22(21)26)24(27)13-10-19-6-4-3-5-7-19/h4-10,12,14-16H,11,13H2,1-3H3;3-10,12,14-15H,11,13H2,1-2H3;3-8,10-11,13-15H,9,12H2,1-2H3;3-8,10-11,13-16H,9,12H2,1-2H3;3-9,11-12,14-16H,10,13H2,1-2H3. The molecule has 0 spiro atoms. The minimum atomic E-state index is 0.0996. The lowest BCUT2D eigenvalue weighted by Crippen LogP contribution is -2.02. The fraction of sp³-hybridized carbons (Fsp3) is 0.174. The summed E-state index contributed by atoms with van der Waals surface area (Å²) in [6, 6.07) is 104. The van der Waals surface area contributed by atoms with Gasteiger partial charge in [0, 0.05) is 81.3 Å². The van der Waals surface area contributed by atoms with E-state index in [1.807, 2.05) is 249 Å². The average molecular weight is 1890 g/mol. The van der Waals surface area contributed by atoms with Crippen LogP contribution in [-0.2, 0) is 32.1 Å². The fourth-order valence-electron chi connectivity index (χ4n) is 17.5. The monoisotopic (exact) mass is 1880 g/mol. The number of para-hydroxylation sites is 2. The minimum absolute atomic E-state index is 0.0996. The van der Waals surface area contributed by atoms with Gasteiger partial charge in [0.25, 0.3) is 0 Å². The van der Waals surface area contributed by atoms with Gasteiger partial charge < -0.3 is 9.47 Å². The third-order valence-corrected chi connectivity index (χ3v) is 26.3. The van der Waals surface area contributed by atoms with E-state index in [0.717, 1.165) is 129 Å². The van der Waals surface area contributed by atoms with E-state index in [-0.39, 0.29) is 28.9 Å². The number of imidazole rings is 5. The molecular weight excluding hydrogens is 1780 g/mol. The van der Waals surface area contributed by atoms with Crippen molar-refractivity contribution < 1.29 is 33.4 Å². The molecule has 19 heteroatoms. The molecule has 17 nitrogen and oxygen atoms in total. The summed E-state index contributed by atoms with van der Waals surface area (Å²) in [5.41, 5.74) is 34.4. The molecule has 0 atom stereocenters. The normalized spacial score (nSPS) is 11.0. The SMILES string of the molecule is COc1cccc(CCC(=O)c2ccc3c(c2)ncn3-c2cccc(C)c2)c1.COc1ccccc1CCC(=O)c1ccc2c(c1)ncn2-c1cc(C)ccc1C.Cc1ccc(-n2cnc3cc(C(=O)CCc4ccccc4Cl)ccc32)cc1C.Cc1ccc(C)c(-n2cnc3cc(C(=O)CCc4ccccc4)ccc32)c1.Cc1cccc(C)c1-n1cnc2cc(C(=O)CCc3ccccc3Cl)ccc21. The Bertz CT molecular complexity index is 7930. The highest BCUT2D eigenvalue weighted by Crippen LogP contribution is 2.33. The highest BCUT2D eigenvalue weighted by Gasteiger charge is 2.21. The molecule has 0 saturated heterocycles. The number of Topliss-reactive ketones (excluding diaryl/α,β-unsaturated/α-hetero) is 5. The molecule has 20 rings (SSSR count). The Morgan fingerprint density at radius 2 is 0.621 bits per heavy atom. The smallest absolute Gasteiger partial charge is 0.163 e. The first-order chi connectivity index (χ1) is 67.9. The van der Waals surface area contributed by atoms with Gasteiger partial charge in [0.2, 0.25) is 0 Å². The van der Waals surface area contributed by atoms with E-state index < -0.39 is 0 Å².